The molecule has 10 aromatic rings. The molecule has 0 fully saturated rings. The summed E-state index contributed by atoms with van der Waals surface area (Å²) in [4.78, 5) is 15.4. The lowest BCUT2D eigenvalue weighted by atomic mass is 9.85. The third-order valence-corrected chi connectivity index (χ3v) is 10.8. The minimum Gasteiger partial charge on any atom is -0.455 e. The van der Waals surface area contributed by atoms with Gasteiger partial charge in [-0.1, -0.05) is 133 Å². The second-order valence-electron chi connectivity index (χ2n) is 13.8. The maximum atomic E-state index is 6.79. The fourth-order valence-electron chi connectivity index (χ4n) is 8.26. The van der Waals surface area contributed by atoms with Crippen molar-refractivity contribution in [3.8, 4) is 45.3 Å². The zero-order valence-electron chi connectivity index (χ0n) is 28.8. The molecule has 4 nitrogen and oxygen atoms in total. The molecule has 53 heavy (non-hydrogen) atoms. The molecule has 0 aliphatic heterocycles. The molecule has 0 unspecified atom stereocenters. The van der Waals surface area contributed by atoms with E-state index < -0.39 is 0 Å². The van der Waals surface area contributed by atoms with Crippen LogP contribution < -0.4 is 0 Å². The number of hydrogen-bond acceptors (Lipinski definition) is 4. The van der Waals surface area contributed by atoms with Crippen LogP contribution >= 0.6 is 0 Å². The molecule has 0 amide bonds. The molecule has 0 N–H and O–H groups in total. The van der Waals surface area contributed by atoms with Crippen molar-refractivity contribution in [1.29, 1.82) is 0 Å². The van der Waals surface area contributed by atoms with Gasteiger partial charge in [0.25, 0.3) is 0 Å². The molecule has 0 spiro atoms. The highest BCUT2D eigenvalue weighted by Crippen LogP contribution is 2.44. The lowest BCUT2D eigenvalue weighted by Gasteiger charge is -2.18. The van der Waals surface area contributed by atoms with Gasteiger partial charge in [0.05, 0.1) is 0 Å². The molecule has 11 rings (SSSR count). The van der Waals surface area contributed by atoms with Crippen LogP contribution in [0.5, 0.6) is 0 Å². The number of para-hydroxylation sites is 1. The quantitative estimate of drug-likeness (QED) is 0.174. The maximum absolute atomic E-state index is 6.79. The smallest absolute Gasteiger partial charge is 0.164 e. The standard InChI is InChI=1S/C49H31N3O/c1-2-13-31(14-3-1)47-50-48(34-23-22-30-12-4-5-15-32(30)28-34)52-49(51-47)42-27-26-35(46-45(42)41-20-10-11-21-44(41)53-46)33-24-25-40-38-18-7-6-16-36(38)37-17-8-9-19-39(37)43(40)29-33/h1-6,8-17,19-29H,7,18H2. The van der Waals surface area contributed by atoms with Crippen molar-refractivity contribution in [3.05, 3.63) is 169 Å². The molecule has 2 heterocycles. The lowest BCUT2D eigenvalue weighted by molar-refractivity contribution is 0.670. The van der Waals surface area contributed by atoms with Crippen molar-refractivity contribution >= 4 is 60.3 Å². The predicted molar refractivity (Wildman–Crippen MR) is 219 cm³/mol. The lowest BCUT2D eigenvalue weighted by Crippen LogP contribution is -2.00. The molecule has 2 aromatic heterocycles. The third kappa shape index (κ3) is 4.80. The summed E-state index contributed by atoms with van der Waals surface area (Å²) in [5.41, 5.74) is 9.37. The first-order chi connectivity index (χ1) is 26.3. The van der Waals surface area contributed by atoms with Crippen LogP contribution in [0.1, 0.15) is 17.5 Å². The van der Waals surface area contributed by atoms with Gasteiger partial charge < -0.3 is 4.42 Å². The molecule has 0 atom stereocenters. The number of rotatable bonds is 4. The fourth-order valence-corrected chi connectivity index (χ4v) is 8.26. The van der Waals surface area contributed by atoms with Crippen LogP contribution in [0.4, 0.5) is 0 Å². The summed E-state index contributed by atoms with van der Waals surface area (Å²) in [6, 6.07) is 53.2. The Bertz CT molecular complexity index is 3120. The molecule has 1 aliphatic carbocycles. The summed E-state index contributed by atoms with van der Waals surface area (Å²) >= 11 is 0. The number of aromatic nitrogens is 3. The van der Waals surface area contributed by atoms with E-state index in [0.29, 0.717) is 17.5 Å². The Kier molecular flexibility index (Phi) is 6.65. The zero-order chi connectivity index (χ0) is 34.9. The van der Waals surface area contributed by atoms with E-state index in [1.54, 1.807) is 0 Å². The molecule has 0 bridgehead atoms. The van der Waals surface area contributed by atoms with Gasteiger partial charge in [-0.15, -0.1) is 0 Å². The number of aryl methyl sites for hydroxylation is 1. The van der Waals surface area contributed by atoms with Gasteiger partial charge in [0.1, 0.15) is 11.2 Å². The Balaban J connectivity index is 1.16. The van der Waals surface area contributed by atoms with Crippen molar-refractivity contribution in [3.63, 3.8) is 0 Å². The number of nitrogens with zero attached hydrogens (tertiary/aromatic N) is 3. The summed E-state index contributed by atoms with van der Waals surface area (Å²) in [5, 5.41) is 9.50. The van der Waals surface area contributed by atoms with Crippen LogP contribution in [0, 0.1) is 0 Å². The van der Waals surface area contributed by atoms with Crippen LogP contribution in [0.15, 0.2) is 162 Å². The third-order valence-electron chi connectivity index (χ3n) is 10.8. The molecule has 248 valence electrons. The van der Waals surface area contributed by atoms with Crippen molar-refractivity contribution < 1.29 is 4.42 Å². The van der Waals surface area contributed by atoms with Crippen LogP contribution in [0.3, 0.4) is 0 Å². The number of benzene rings is 8. The topological polar surface area (TPSA) is 51.8 Å². The Labute approximate surface area is 305 Å². The molecule has 0 saturated heterocycles. The van der Waals surface area contributed by atoms with E-state index in [-0.39, 0.29) is 0 Å². The average molecular weight is 678 g/mol. The Morgan fingerprint density at radius 3 is 2.04 bits per heavy atom. The first-order valence-electron chi connectivity index (χ1n) is 18.2. The first-order valence-corrected chi connectivity index (χ1v) is 18.2. The summed E-state index contributed by atoms with van der Waals surface area (Å²) in [7, 11) is 0. The highest BCUT2D eigenvalue weighted by Gasteiger charge is 2.22. The number of allylic oxidation sites excluding steroid dienone is 1. The van der Waals surface area contributed by atoms with E-state index in [9.17, 15) is 0 Å². The van der Waals surface area contributed by atoms with Crippen LogP contribution in [0.2, 0.25) is 0 Å². The summed E-state index contributed by atoms with van der Waals surface area (Å²) in [6.07, 6.45) is 6.72. The second-order valence-corrected chi connectivity index (χ2v) is 13.8. The number of fused-ring (bicyclic) bond motifs is 10. The molecule has 1 aliphatic rings. The van der Waals surface area contributed by atoms with E-state index in [1.807, 2.05) is 42.5 Å². The average Bonchev–Trinajstić information content (AvgIpc) is 3.63. The molecule has 8 aromatic carbocycles. The van der Waals surface area contributed by atoms with Crippen molar-refractivity contribution in [1.82, 2.24) is 15.0 Å². The SMILES string of the molecule is C1=Cc2c(c3ccc(-c4ccc(-c5nc(-c6ccccc6)nc(-c6ccc7ccccc7c6)n5)c5c4oc4ccccc45)cc3c3ccccc23)CC1. The highest BCUT2D eigenvalue weighted by atomic mass is 16.3. The van der Waals surface area contributed by atoms with Gasteiger partial charge in [0.2, 0.25) is 0 Å². The zero-order valence-corrected chi connectivity index (χ0v) is 28.8. The van der Waals surface area contributed by atoms with Crippen molar-refractivity contribution in [2.24, 2.45) is 0 Å². The Hall–Kier alpha value is -6.91. The summed E-state index contributed by atoms with van der Waals surface area (Å²) < 4.78 is 6.79. The van der Waals surface area contributed by atoms with Gasteiger partial charge in [-0.2, -0.15) is 0 Å². The van der Waals surface area contributed by atoms with Gasteiger partial charge in [0, 0.05) is 33.0 Å². The normalized spacial score (nSPS) is 12.7. The van der Waals surface area contributed by atoms with Crippen molar-refractivity contribution in [2.45, 2.75) is 12.8 Å². The highest BCUT2D eigenvalue weighted by molar-refractivity contribution is 6.18. The van der Waals surface area contributed by atoms with Crippen LogP contribution in [-0.4, -0.2) is 15.0 Å². The van der Waals surface area contributed by atoms with Gasteiger partial charge in [-0.05, 0) is 92.2 Å². The van der Waals surface area contributed by atoms with Gasteiger partial charge in [-0.3, -0.25) is 0 Å². The number of furan rings is 1. The molecule has 0 saturated carbocycles. The molecule has 4 heteroatoms. The predicted octanol–water partition coefficient (Wildman–Crippen LogP) is 12.9. The van der Waals surface area contributed by atoms with E-state index in [1.165, 1.54) is 38.1 Å². The van der Waals surface area contributed by atoms with E-state index in [4.69, 9.17) is 19.4 Å². The first kappa shape index (κ1) is 29.8. The summed E-state index contributed by atoms with van der Waals surface area (Å²) in [6.45, 7) is 0. The molecule has 0 radical (unpaired) electrons. The molecular weight excluding hydrogens is 647 g/mol. The fraction of sp³-hybridized carbons (Fsp3) is 0.0408. The maximum Gasteiger partial charge on any atom is 0.164 e. The van der Waals surface area contributed by atoms with Gasteiger partial charge in [-0.25, -0.2) is 15.0 Å². The number of hydrogen-bond donors (Lipinski definition) is 0. The Morgan fingerprint density at radius 1 is 0.453 bits per heavy atom. The largest absolute Gasteiger partial charge is 0.455 e. The second kappa shape index (κ2) is 11.8. The van der Waals surface area contributed by atoms with Gasteiger partial charge >= 0.3 is 0 Å². The van der Waals surface area contributed by atoms with Gasteiger partial charge in [0.15, 0.2) is 17.5 Å². The minimum absolute atomic E-state index is 0.606. The van der Waals surface area contributed by atoms with E-state index in [0.717, 1.165) is 68.0 Å². The van der Waals surface area contributed by atoms with Crippen LogP contribution in [0.25, 0.3) is 106 Å². The summed E-state index contributed by atoms with van der Waals surface area (Å²) in [5.74, 6) is 1.86. The minimum atomic E-state index is 0.606. The van der Waals surface area contributed by atoms with Crippen molar-refractivity contribution in [2.75, 3.05) is 0 Å². The van der Waals surface area contributed by atoms with E-state index >= 15 is 0 Å². The van der Waals surface area contributed by atoms with Crippen LogP contribution in [-0.2, 0) is 6.42 Å². The Morgan fingerprint density at radius 2 is 1.15 bits per heavy atom. The van der Waals surface area contributed by atoms with E-state index in [2.05, 4.69) is 121 Å². The molecular formula is C49H31N3O. The monoisotopic (exact) mass is 677 g/mol.